The number of carboxylic acid groups (broad SMARTS) is 1. The van der Waals surface area contributed by atoms with Gasteiger partial charge in [-0.2, -0.15) is 13.2 Å². The van der Waals surface area contributed by atoms with Crippen LogP contribution in [0.1, 0.15) is 32.8 Å². The van der Waals surface area contributed by atoms with Crippen molar-refractivity contribution in [3.8, 4) is 0 Å². The van der Waals surface area contributed by atoms with E-state index in [0.717, 1.165) is 12.4 Å². The van der Waals surface area contributed by atoms with E-state index >= 15 is 0 Å². The molecule has 2 amide bonds. The number of hydrogen-bond acceptors (Lipinski definition) is 6. The predicted octanol–water partition coefficient (Wildman–Crippen LogP) is 3.19. The van der Waals surface area contributed by atoms with Gasteiger partial charge in [0.2, 0.25) is 5.95 Å². The molecule has 0 aromatic carbocycles. The molecule has 1 saturated heterocycles. The Morgan fingerprint density at radius 3 is 2.15 bits per heavy atom. The van der Waals surface area contributed by atoms with E-state index in [-0.39, 0.29) is 29.9 Å². The summed E-state index contributed by atoms with van der Waals surface area (Å²) in [6.07, 6.45) is -4.75. The zero-order valence-electron chi connectivity index (χ0n) is 19.6. The minimum absolute atomic E-state index is 0.0831. The molecule has 9 nitrogen and oxygen atoms in total. The molecule has 2 rings (SSSR count). The molecule has 1 aromatic heterocycles. The Bertz CT molecular complexity index is 822. The third kappa shape index (κ3) is 7.29. The van der Waals surface area contributed by atoms with Gasteiger partial charge in [-0.1, -0.05) is 20.8 Å². The fourth-order valence-corrected chi connectivity index (χ4v) is 4.32. The van der Waals surface area contributed by atoms with Crippen molar-refractivity contribution in [1.29, 1.82) is 0 Å². The number of carbonyl (C=O) groups excluding carboxylic acids is 1. The highest BCUT2D eigenvalue weighted by Crippen LogP contribution is 2.38. The monoisotopic (exact) mass is 491 g/mol. The molecule has 2 N–H and O–H groups in total. The fourth-order valence-electron chi connectivity index (χ4n) is 3.04. The first kappa shape index (κ1) is 26.8. The first-order chi connectivity index (χ1) is 15.1. The molecular formula is C20H32F3N5O4Si. The molecule has 13 heteroatoms. The van der Waals surface area contributed by atoms with Gasteiger partial charge >= 0.3 is 12.3 Å². The van der Waals surface area contributed by atoms with Crippen LogP contribution in [-0.4, -0.2) is 79.1 Å². The number of rotatable bonds is 7. The van der Waals surface area contributed by atoms with Gasteiger partial charge in [0.1, 0.15) is 6.10 Å². The molecule has 186 valence electrons. The second kappa shape index (κ2) is 10.2. The van der Waals surface area contributed by atoms with E-state index < -0.39 is 32.3 Å². The fraction of sp³-hybridized carbons (Fsp3) is 0.700. The number of carbonyl (C=O) groups is 2. The normalized spacial score (nSPS) is 16.5. The quantitative estimate of drug-likeness (QED) is 0.564. The van der Waals surface area contributed by atoms with E-state index in [2.05, 4.69) is 36.1 Å². The molecule has 2 heterocycles. The standard InChI is InChI=1S/C20H32F3N5O4Si/c1-19(2,3)33(4,5)32-15(6-7-24-18(30)31)16(29)27-8-10-28(11-9-27)17-25-12-14(13-26-17)20(21,22)23/h12-13,15,24H,6-11H2,1-5H3,(H,30,31)/t15-/m0/s1. The van der Waals surface area contributed by atoms with Crippen LogP contribution in [0.4, 0.5) is 23.9 Å². The van der Waals surface area contributed by atoms with Gasteiger partial charge in [-0.25, -0.2) is 14.8 Å². The maximum Gasteiger partial charge on any atom is 0.419 e. The molecule has 0 spiro atoms. The molecule has 1 aliphatic heterocycles. The van der Waals surface area contributed by atoms with Crippen molar-refractivity contribution in [2.24, 2.45) is 0 Å². The zero-order chi connectivity index (χ0) is 25.0. The highest BCUT2D eigenvalue weighted by molar-refractivity contribution is 6.74. The van der Waals surface area contributed by atoms with Crippen LogP contribution >= 0.6 is 0 Å². The van der Waals surface area contributed by atoms with Crippen LogP contribution < -0.4 is 10.2 Å². The first-order valence-electron chi connectivity index (χ1n) is 10.7. The van der Waals surface area contributed by atoms with E-state index in [1.165, 1.54) is 0 Å². The number of piperazine rings is 1. The number of aromatic nitrogens is 2. The Morgan fingerprint density at radius 2 is 1.70 bits per heavy atom. The summed E-state index contributed by atoms with van der Waals surface area (Å²) >= 11 is 0. The molecule has 1 fully saturated rings. The van der Waals surface area contributed by atoms with Crippen LogP contribution in [0.2, 0.25) is 18.1 Å². The summed E-state index contributed by atoms with van der Waals surface area (Å²) < 4.78 is 44.5. The molecule has 0 aliphatic carbocycles. The Morgan fingerprint density at radius 1 is 1.15 bits per heavy atom. The smallest absolute Gasteiger partial charge is 0.419 e. The Hall–Kier alpha value is -2.41. The number of nitrogens with one attached hydrogen (secondary N) is 1. The van der Waals surface area contributed by atoms with E-state index in [9.17, 15) is 22.8 Å². The van der Waals surface area contributed by atoms with Crippen LogP contribution in [0.25, 0.3) is 0 Å². The second-order valence-corrected chi connectivity index (χ2v) is 14.2. The minimum atomic E-state index is -4.50. The van der Waals surface area contributed by atoms with E-state index in [0.29, 0.717) is 26.2 Å². The van der Waals surface area contributed by atoms with Crippen molar-refractivity contribution >= 4 is 26.3 Å². The molecule has 0 unspecified atom stereocenters. The van der Waals surface area contributed by atoms with Crippen molar-refractivity contribution in [2.45, 2.75) is 57.6 Å². The van der Waals surface area contributed by atoms with Crippen LogP contribution in [0.5, 0.6) is 0 Å². The van der Waals surface area contributed by atoms with Crippen molar-refractivity contribution in [2.75, 3.05) is 37.6 Å². The van der Waals surface area contributed by atoms with Gasteiger partial charge in [0.05, 0.1) is 5.56 Å². The minimum Gasteiger partial charge on any atom is -0.465 e. The predicted molar refractivity (Wildman–Crippen MR) is 119 cm³/mol. The molecule has 0 saturated carbocycles. The van der Waals surface area contributed by atoms with Crippen LogP contribution in [0.15, 0.2) is 12.4 Å². The van der Waals surface area contributed by atoms with Crippen molar-refractivity contribution in [3.05, 3.63) is 18.0 Å². The van der Waals surface area contributed by atoms with Gasteiger partial charge in [-0.05, 0) is 24.6 Å². The molecule has 0 radical (unpaired) electrons. The summed E-state index contributed by atoms with van der Waals surface area (Å²) in [6.45, 7) is 11.7. The van der Waals surface area contributed by atoms with Crippen molar-refractivity contribution in [1.82, 2.24) is 20.2 Å². The van der Waals surface area contributed by atoms with Gasteiger partial charge in [0.25, 0.3) is 5.91 Å². The summed E-state index contributed by atoms with van der Waals surface area (Å²) in [6, 6.07) is 0. The van der Waals surface area contributed by atoms with E-state index in [1.807, 2.05) is 13.1 Å². The average Bonchev–Trinajstić information content (AvgIpc) is 2.71. The lowest BCUT2D eigenvalue weighted by Crippen LogP contribution is -2.55. The third-order valence-electron chi connectivity index (χ3n) is 6.04. The lowest BCUT2D eigenvalue weighted by Gasteiger charge is -2.41. The molecule has 33 heavy (non-hydrogen) atoms. The van der Waals surface area contributed by atoms with Crippen LogP contribution in [0, 0.1) is 0 Å². The summed E-state index contributed by atoms with van der Waals surface area (Å²) in [5, 5.41) is 11.0. The number of halogens is 3. The number of anilines is 1. The van der Waals surface area contributed by atoms with Gasteiger partial charge in [0, 0.05) is 45.1 Å². The van der Waals surface area contributed by atoms with Gasteiger partial charge in [0.15, 0.2) is 8.32 Å². The number of nitrogens with zero attached hydrogens (tertiary/aromatic N) is 4. The third-order valence-corrected chi connectivity index (χ3v) is 10.5. The average molecular weight is 492 g/mol. The van der Waals surface area contributed by atoms with Gasteiger partial charge < -0.3 is 24.6 Å². The topological polar surface area (TPSA) is 108 Å². The maximum atomic E-state index is 13.3. The summed E-state index contributed by atoms with van der Waals surface area (Å²) in [5.74, 6) is -0.0465. The lowest BCUT2D eigenvalue weighted by atomic mass is 10.2. The summed E-state index contributed by atoms with van der Waals surface area (Å²) in [4.78, 5) is 35.1. The number of alkyl halides is 3. The number of amides is 2. The summed E-state index contributed by atoms with van der Waals surface area (Å²) in [5.41, 5.74) is -0.916. The highest BCUT2D eigenvalue weighted by atomic mass is 28.4. The van der Waals surface area contributed by atoms with Gasteiger partial charge in [-0.3, -0.25) is 4.79 Å². The Balaban J connectivity index is 2.04. The molecule has 1 atom stereocenters. The molecule has 1 aliphatic rings. The van der Waals surface area contributed by atoms with Crippen molar-refractivity contribution in [3.63, 3.8) is 0 Å². The van der Waals surface area contributed by atoms with Crippen LogP contribution in [-0.2, 0) is 15.4 Å². The maximum absolute atomic E-state index is 13.3. The van der Waals surface area contributed by atoms with E-state index in [1.54, 1.807) is 9.80 Å². The van der Waals surface area contributed by atoms with E-state index in [4.69, 9.17) is 9.53 Å². The van der Waals surface area contributed by atoms with Crippen molar-refractivity contribution < 1.29 is 32.3 Å². The molecule has 0 bridgehead atoms. The van der Waals surface area contributed by atoms with Gasteiger partial charge in [-0.15, -0.1) is 0 Å². The zero-order valence-corrected chi connectivity index (χ0v) is 20.6. The molecular weight excluding hydrogens is 459 g/mol. The molecule has 1 aromatic rings. The lowest BCUT2D eigenvalue weighted by molar-refractivity contribution is -0.140. The van der Waals surface area contributed by atoms with Crippen LogP contribution in [0.3, 0.4) is 0 Å². The second-order valence-electron chi connectivity index (χ2n) is 9.47. The number of hydrogen-bond donors (Lipinski definition) is 2. The Kier molecular flexibility index (Phi) is 8.33. The Labute approximate surface area is 192 Å². The SMILES string of the molecule is CC(C)(C)[Si](C)(C)O[C@@H](CCNC(=O)O)C(=O)N1CCN(c2ncc(C(F)(F)F)cn2)CC1. The first-order valence-corrected chi connectivity index (χ1v) is 13.6. The largest absolute Gasteiger partial charge is 0.465 e. The highest BCUT2D eigenvalue weighted by Gasteiger charge is 2.41. The summed E-state index contributed by atoms with van der Waals surface area (Å²) in [7, 11) is -2.30.